The number of fused-ring (bicyclic) bond motifs is 1. The summed E-state index contributed by atoms with van der Waals surface area (Å²) in [7, 11) is 0. The summed E-state index contributed by atoms with van der Waals surface area (Å²) < 4.78 is 0. The molecule has 1 nitrogen and oxygen atoms in total. The van der Waals surface area contributed by atoms with Crippen LogP contribution in [0.15, 0.2) is 18.5 Å². The molecule has 0 fully saturated rings. The van der Waals surface area contributed by atoms with Crippen molar-refractivity contribution >= 4 is 0 Å². The van der Waals surface area contributed by atoms with E-state index < -0.39 is 0 Å². The average Bonchev–Trinajstić information content (AvgIpc) is 2.44. The molecule has 0 amide bonds. The Hall–Kier alpha value is -0.850. The Balaban J connectivity index is 2.17. The van der Waals surface area contributed by atoms with Gasteiger partial charge in [0.2, 0.25) is 0 Å². The van der Waals surface area contributed by atoms with Crippen molar-refractivity contribution in [2.24, 2.45) is 0 Å². The highest BCUT2D eigenvalue weighted by Crippen LogP contribution is 2.31. The topological polar surface area (TPSA) is 12.9 Å². The van der Waals surface area contributed by atoms with Gasteiger partial charge in [-0.3, -0.25) is 4.98 Å². The first kappa shape index (κ1) is 13.6. The zero-order valence-corrected chi connectivity index (χ0v) is 11.8. The lowest BCUT2D eigenvalue weighted by molar-refractivity contribution is 0.516. The molecular weight excluding hydrogens is 218 g/mol. The molecule has 0 aromatic carbocycles. The van der Waals surface area contributed by atoms with Crippen LogP contribution in [0.25, 0.3) is 0 Å². The van der Waals surface area contributed by atoms with Gasteiger partial charge in [0.1, 0.15) is 0 Å². The summed E-state index contributed by atoms with van der Waals surface area (Å²) in [5.74, 6) is 0.783. The summed E-state index contributed by atoms with van der Waals surface area (Å²) >= 11 is 0. The molecule has 1 aliphatic carbocycles. The minimum Gasteiger partial charge on any atom is -0.264 e. The Kier molecular flexibility index (Phi) is 5.70. The molecule has 0 bridgehead atoms. The van der Waals surface area contributed by atoms with E-state index in [-0.39, 0.29) is 0 Å². The zero-order chi connectivity index (χ0) is 12.6. The van der Waals surface area contributed by atoms with Crippen molar-refractivity contribution in [3.8, 4) is 0 Å². The first-order valence-electron chi connectivity index (χ1n) is 7.84. The van der Waals surface area contributed by atoms with Crippen LogP contribution in [0.4, 0.5) is 0 Å². The third kappa shape index (κ3) is 3.83. The molecule has 0 radical (unpaired) electrons. The van der Waals surface area contributed by atoms with E-state index in [1.807, 2.05) is 6.20 Å². The van der Waals surface area contributed by atoms with Gasteiger partial charge in [0.15, 0.2) is 0 Å². The van der Waals surface area contributed by atoms with Crippen LogP contribution in [0, 0.1) is 0 Å². The smallest absolute Gasteiger partial charge is 0.0302 e. The normalized spacial score (nSPS) is 21.9. The first-order valence-corrected chi connectivity index (χ1v) is 7.84. The van der Waals surface area contributed by atoms with Gasteiger partial charge in [0, 0.05) is 12.4 Å². The molecular formula is C17H27N. The van der Waals surface area contributed by atoms with Gasteiger partial charge in [-0.25, -0.2) is 0 Å². The maximum atomic E-state index is 4.34. The lowest BCUT2D eigenvalue weighted by atomic mass is 9.86. The molecule has 0 spiro atoms. The van der Waals surface area contributed by atoms with Gasteiger partial charge in [-0.1, -0.05) is 45.4 Å². The lowest BCUT2D eigenvalue weighted by Crippen LogP contribution is -2.04. The van der Waals surface area contributed by atoms with Crippen molar-refractivity contribution in [3.63, 3.8) is 0 Å². The molecule has 100 valence electrons. The first-order chi connectivity index (χ1) is 8.92. The Labute approximate surface area is 112 Å². The van der Waals surface area contributed by atoms with Crippen LogP contribution < -0.4 is 0 Å². The summed E-state index contributed by atoms with van der Waals surface area (Å²) in [5.41, 5.74) is 3.13. The van der Waals surface area contributed by atoms with E-state index >= 15 is 0 Å². The van der Waals surface area contributed by atoms with Crippen molar-refractivity contribution in [1.29, 1.82) is 0 Å². The molecule has 1 heterocycles. The maximum absolute atomic E-state index is 4.34. The predicted molar refractivity (Wildman–Crippen MR) is 77.9 cm³/mol. The highest BCUT2D eigenvalue weighted by molar-refractivity contribution is 5.27. The van der Waals surface area contributed by atoms with E-state index in [0.717, 1.165) is 5.92 Å². The molecule has 1 aromatic rings. The highest BCUT2D eigenvalue weighted by Gasteiger charge is 2.15. The molecule has 0 aliphatic heterocycles. The molecule has 1 unspecified atom stereocenters. The van der Waals surface area contributed by atoms with Crippen LogP contribution in [0.2, 0.25) is 0 Å². The van der Waals surface area contributed by atoms with Gasteiger partial charge >= 0.3 is 0 Å². The second-order valence-electron chi connectivity index (χ2n) is 5.72. The maximum Gasteiger partial charge on any atom is 0.0302 e. The number of hydrogen-bond donors (Lipinski definition) is 0. The minimum absolute atomic E-state index is 0.783. The number of aromatic nitrogens is 1. The van der Waals surface area contributed by atoms with Gasteiger partial charge in [-0.15, -0.1) is 0 Å². The summed E-state index contributed by atoms with van der Waals surface area (Å²) in [6.07, 6.45) is 17.8. The van der Waals surface area contributed by atoms with E-state index in [1.54, 1.807) is 5.56 Å². The van der Waals surface area contributed by atoms with E-state index in [1.165, 1.54) is 69.8 Å². The molecule has 1 aliphatic rings. The van der Waals surface area contributed by atoms with Crippen LogP contribution in [0.5, 0.6) is 0 Å². The van der Waals surface area contributed by atoms with Crippen LogP contribution in [-0.2, 0) is 6.42 Å². The quantitative estimate of drug-likeness (QED) is 0.693. The second-order valence-corrected chi connectivity index (χ2v) is 5.72. The van der Waals surface area contributed by atoms with E-state index in [0.29, 0.717) is 0 Å². The molecule has 1 aromatic heterocycles. The van der Waals surface area contributed by atoms with Gasteiger partial charge in [-0.2, -0.15) is 0 Å². The fourth-order valence-electron chi connectivity index (χ4n) is 3.26. The molecule has 1 atom stereocenters. The van der Waals surface area contributed by atoms with Crippen molar-refractivity contribution in [1.82, 2.24) is 4.98 Å². The van der Waals surface area contributed by atoms with Gasteiger partial charge in [0.05, 0.1) is 0 Å². The standard InChI is InChI=1S/C17H27N/c1-2-9-15-10-7-5-3-4-6-8-11-16-14-18-13-12-17(15)16/h12-15H,2-11H2,1H3. The number of nitrogens with zero attached hydrogens (tertiary/aromatic N) is 1. The van der Waals surface area contributed by atoms with Crippen LogP contribution in [0.3, 0.4) is 0 Å². The molecule has 0 N–H and O–H groups in total. The fourth-order valence-corrected chi connectivity index (χ4v) is 3.26. The van der Waals surface area contributed by atoms with Gasteiger partial charge < -0.3 is 0 Å². The largest absolute Gasteiger partial charge is 0.264 e. The molecule has 2 rings (SSSR count). The monoisotopic (exact) mass is 245 g/mol. The third-order valence-electron chi connectivity index (χ3n) is 4.27. The minimum atomic E-state index is 0.783. The van der Waals surface area contributed by atoms with E-state index in [2.05, 4.69) is 24.2 Å². The summed E-state index contributed by atoms with van der Waals surface area (Å²) in [6, 6.07) is 2.29. The number of hydrogen-bond acceptors (Lipinski definition) is 1. The molecule has 1 heteroatoms. The summed E-state index contributed by atoms with van der Waals surface area (Å²) in [6.45, 7) is 2.31. The summed E-state index contributed by atoms with van der Waals surface area (Å²) in [5, 5.41) is 0. The fraction of sp³-hybridized carbons (Fsp3) is 0.706. The van der Waals surface area contributed by atoms with E-state index in [9.17, 15) is 0 Å². The van der Waals surface area contributed by atoms with Gasteiger partial charge in [-0.05, 0) is 48.8 Å². The van der Waals surface area contributed by atoms with Crippen molar-refractivity contribution in [2.75, 3.05) is 0 Å². The molecule has 0 saturated heterocycles. The zero-order valence-electron chi connectivity index (χ0n) is 11.8. The van der Waals surface area contributed by atoms with Crippen LogP contribution in [0.1, 0.15) is 81.8 Å². The Morgan fingerprint density at radius 3 is 2.72 bits per heavy atom. The highest BCUT2D eigenvalue weighted by atomic mass is 14.6. The van der Waals surface area contributed by atoms with Crippen molar-refractivity contribution in [2.45, 2.75) is 77.0 Å². The van der Waals surface area contributed by atoms with E-state index in [4.69, 9.17) is 0 Å². The Morgan fingerprint density at radius 1 is 1.11 bits per heavy atom. The average molecular weight is 245 g/mol. The van der Waals surface area contributed by atoms with Gasteiger partial charge in [0.25, 0.3) is 0 Å². The van der Waals surface area contributed by atoms with Crippen LogP contribution >= 0.6 is 0 Å². The Morgan fingerprint density at radius 2 is 1.89 bits per heavy atom. The van der Waals surface area contributed by atoms with Crippen molar-refractivity contribution in [3.05, 3.63) is 29.6 Å². The SMILES string of the molecule is CCCC1CCCCCCCCc2cnccc21. The number of rotatable bonds is 2. The second kappa shape index (κ2) is 7.56. The predicted octanol–water partition coefficient (Wildman–Crippen LogP) is 5.25. The molecule has 18 heavy (non-hydrogen) atoms. The Bertz CT molecular complexity index is 345. The van der Waals surface area contributed by atoms with Crippen LogP contribution in [-0.4, -0.2) is 4.98 Å². The molecule has 0 saturated carbocycles. The van der Waals surface area contributed by atoms with Crippen molar-refractivity contribution < 1.29 is 0 Å². The lowest BCUT2D eigenvalue weighted by Gasteiger charge is -2.19. The summed E-state index contributed by atoms with van der Waals surface area (Å²) in [4.78, 5) is 4.34. The number of pyridine rings is 1. The number of aryl methyl sites for hydroxylation is 1. The third-order valence-corrected chi connectivity index (χ3v) is 4.27.